The van der Waals surface area contributed by atoms with Gasteiger partial charge in [0.15, 0.2) is 0 Å². The highest BCUT2D eigenvalue weighted by Crippen LogP contribution is 2.24. The van der Waals surface area contributed by atoms with Crippen LogP contribution < -0.4 is 10.6 Å². The fourth-order valence-electron chi connectivity index (χ4n) is 2.76. The van der Waals surface area contributed by atoms with Crippen LogP contribution in [0.2, 0.25) is 0 Å². The van der Waals surface area contributed by atoms with Gasteiger partial charge in [-0.1, -0.05) is 45.3 Å². The van der Waals surface area contributed by atoms with E-state index in [0.29, 0.717) is 17.4 Å². The van der Waals surface area contributed by atoms with E-state index < -0.39 is 0 Å². The first-order valence-corrected chi connectivity index (χ1v) is 9.95. The highest BCUT2D eigenvalue weighted by Gasteiger charge is 2.19. The van der Waals surface area contributed by atoms with E-state index in [2.05, 4.69) is 31.5 Å². The van der Waals surface area contributed by atoms with Crippen molar-refractivity contribution in [1.82, 2.24) is 10.3 Å². The minimum Gasteiger partial charge on any atom is -0.367 e. The number of carbonyl (C=O) groups excluding carboxylic acids is 1. The average molecular weight is 408 g/mol. The molecule has 138 valence electrons. The molecular formula is C20H30BrN3O. The molecule has 0 spiro atoms. The fraction of sp³-hybridized carbons (Fsp3) is 0.500. The Morgan fingerprint density at radius 2 is 1.92 bits per heavy atom. The number of rotatable bonds is 5. The van der Waals surface area contributed by atoms with Gasteiger partial charge in [0, 0.05) is 22.4 Å². The lowest BCUT2D eigenvalue weighted by Gasteiger charge is -2.24. The SMILES string of the molecule is C/C=C\C(=C/C)NC(=O)c1cc(Br)cnc1NC1CCCCC1.CC. The molecule has 2 rings (SSSR count). The topological polar surface area (TPSA) is 54.0 Å². The molecule has 0 unspecified atom stereocenters. The second kappa shape index (κ2) is 11.9. The van der Waals surface area contributed by atoms with Crippen LogP contribution in [0, 0.1) is 0 Å². The van der Waals surface area contributed by atoms with Crippen molar-refractivity contribution < 1.29 is 4.79 Å². The first-order chi connectivity index (χ1) is 12.1. The Balaban J connectivity index is 0.00000151. The van der Waals surface area contributed by atoms with Gasteiger partial charge in [-0.3, -0.25) is 4.79 Å². The molecule has 1 amide bonds. The second-order valence-corrected chi connectivity index (χ2v) is 6.64. The Morgan fingerprint density at radius 3 is 2.52 bits per heavy atom. The van der Waals surface area contributed by atoms with E-state index in [1.165, 1.54) is 19.3 Å². The van der Waals surface area contributed by atoms with Crippen molar-refractivity contribution in [3.63, 3.8) is 0 Å². The summed E-state index contributed by atoms with van der Waals surface area (Å²) >= 11 is 3.40. The summed E-state index contributed by atoms with van der Waals surface area (Å²) in [6.07, 6.45) is 13.4. The lowest BCUT2D eigenvalue weighted by atomic mass is 9.95. The van der Waals surface area contributed by atoms with Crippen LogP contribution in [0.5, 0.6) is 0 Å². The molecule has 25 heavy (non-hydrogen) atoms. The number of nitrogens with one attached hydrogen (secondary N) is 2. The van der Waals surface area contributed by atoms with Crippen molar-refractivity contribution in [1.29, 1.82) is 0 Å². The summed E-state index contributed by atoms with van der Waals surface area (Å²) in [5, 5.41) is 6.37. The third kappa shape index (κ3) is 7.02. The van der Waals surface area contributed by atoms with Gasteiger partial charge in [-0.05, 0) is 54.8 Å². The number of pyridine rings is 1. The van der Waals surface area contributed by atoms with E-state index in [1.54, 1.807) is 6.20 Å². The van der Waals surface area contributed by atoms with Gasteiger partial charge in [-0.25, -0.2) is 4.98 Å². The van der Waals surface area contributed by atoms with Crippen molar-refractivity contribution in [3.8, 4) is 0 Å². The molecule has 0 bridgehead atoms. The van der Waals surface area contributed by atoms with Crippen LogP contribution >= 0.6 is 15.9 Å². The van der Waals surface area contributed by atoms with Crippen LogP contribution in [0.4, 0.5) is 5.82 Å². The number of aromatic nitrogens is 1. The molecule has 0 radical (unpaired) electrons. The lowest BCUT2D eigenvalue weighted by Crippen LogP contribution is -2.27. The molecule has 0 aliphatic heterocycles. The Labute approximate surface area is 160 Å². The van der Waals surface area contributed by atoms with Crippen LogP contribution in [0.3, 0.4) is 0 Å². The van der Waals surface area contributed by atoms with Gasteiger partial charge in [-0.2, -0.15) is 0 Å². The van der Waals surface area contributed by atoms with Gasteiger partial charge < -0.3 is 10.6 Å². The van der Waals surface area contributed by atoms with E-state index in [-0.39, 0.29) is 5.91 Å². The summed E-state index contributed by atoms with van der Waals surface area (Å²) in [6.45, 7) is 7.82. The zero-order chi connectivity index (χ0) is 18.7. The van der Waals surface area contributed by atoms with Crippen molar-refractivity contribution in [2.24, 2.45) is 0 Å². The number of carbonyl (C=O) groups is 1. The van der Waals surface area contributed by atoms with Gasteiger partial charge in [-0.15, -0.1) is 0 Å². The Morgan fingerprint density at radius 1 is 1.24 bits per heavy atom. The van der Waals surface area contributed by atoms with Crippen molar-refractivity contribution in [2.75, 3.05) is 5.32 Å². The van der Waals surface area contributed by atoms with Crippen LogP contribution in [-0.2, 0) is 0 Å². The molecule has 1 heterocycles. The molecule has 0 aromatic carbocycles. The molecule has 0 saturated heterocycles. The van der Waals surface area contributed by atoms with Crippen molar-refractivity contribution >= 4 is 27.7 Å². The summed E-state index contributed by atoms with van der Waals surface area (Å²) in [5.74, 6) is 0.511. The molecule has 1 aromatic rings. The van der Waals surface area contributed by atoms with Gasteiger partial charge in [0.1, 0.15) is 5.82 Å². The van der Waals surface area contributed by atoms with Crippen LogP contribution in [0.25, 0.3) is 0 Å². The smallest absolute Gasteiger partial charge is 0.259 e. The standard InChI is InChI=1S/C18H24BrN3O.C2H6/c1-3-8-14(4-2)22-18(23)16-11-13(19)12-20-17(16)21-15-9-6-5-7-10-15;1-2/h3-4,8,11-12,15H,5-7,9-10H2,1-2H3,(H,20,21)(H,22,23);1-2H3/b8-3-,14-4+;. The van der Waals surface area contributed by atoms with E-state index in [4.69, 9.17) is 0 Å². The van der Waals surface area contributed by atoms with Crippen LogP contribution in [0.1, 0.15) is 70.2 Å². The zero-order valence-electron chi connectivity index (χ0n) is 15.7. The maximum absolute atomic E-state index is 12.6. The maximum Gasteiger partial charge on any atom is 0.259 e. The summed E-state index contributed by atoms with van der Waals surface area (Å²) < 4.78 is 0.796. The monoisotopic (exact) mass is 407 g/mol. The number of amides is 1. The summed E-state index contributed by atoms with van der Waals surface area (Å²) in [5.41, 5.74) is 1.34. The third-order valence-electron chi connectivity index (χ3n) is 3.96. The van der Waals surface area contributed by atoms with Crippen LogP contribution in [0.15, 0.2) is 40.7 Å². The number of hydrogen-bond acceptors (Lipinski definition) is 3. The molecule has 1 saturated carbocycles. The normalized spacial score (nSPS) is 15.5. The van der Waals surface area contributed by atoms with Gasteiger partial charge in [0.05, 0.1) is 5.56 Å². The lowest BCUT2D eigenvalue weighted by molar-refractivity contribution is 0.0967. The van der Waals surface area contributed by atoms with E-state index >= 15 is 0 Å². The Bertz CT molecular complexity index is 605. The molecule has 1 fully saturated rings. The number of hydrogen-bond donors (Lipinski definition) is 2. The molecule has 2 N–H and O–H groups in total. The highest BCUT2D eigenvalue weighted by atomic mass is 79.9. The molecular weight excluding hydrogens is 378 g/mol. The minimum absolute atomic E-state index is 0.150. The second-order valence-electron chi connectivity index (χ2n) is 5.73. The average Bonchev–Trinajstić information content (AvgIpc) is 2.65. The summed E-state index contributed by atoms with van der Waals surface area (Å²) in [7, 11) is 0. The van der Waals surface area contributed by atoms with E-state index in [1.807, 2.05) is 52.0 Å². The quantitative estimate of drug-likeness (QED) is 0.603. The number of nitrogens with zero attached hydrogens (tertiary/aromatic N) is 1. The Hall–Kier alpha value is -1.62. The predicted octanol–water partition coefficient (Wildman–Crippen LogP) is 5.82. The number of halogens is 1. The van der Waals surface area contributed by atoms with Crippen LogP contribution in [-0.4, -0.2) is 16.9 Å². The first kappa shape index (κ1) is 21.4. The Kier molecular flexibility index (Phi) is 10.2. The number of anilines is 1. The molecule has 4 nitrogen and oxygen atoms in total. The highest BCUT2D eigenvalue weighted by molar-refractivity contribution is 9.10. The molecule has 1 aromatic heterocycles. The number of allylic oxidation sites excluding steroid dienone is 3. The zero-order valence-corrected chi connectivity index (χ0v) is 17.3. The molecule has 1 aliphatic rings. The maximum atomic E-state index is 12.6. The van der Waals surface area contributed by atoms with E-state index in [9.17, 15) is 4.79 Å². The minimum atomic E-state index is -0.150. The van der Waals surface area contributed by atoms with Gasteiger partial charge in [0.25, 0.3) is 5.91 Å². The summed E-state index contributed by atoms with van der Waals surface area (Å²) in [6, 6.07) is 2.22. The fourth-order valence-corrected chi connectivity index (χ4v) is 3.09. The van der Waals surface area contributed by atoms with E-state index in [0.717, 1.165) is 23.0 Å². The first-order valence-electron chi connectivity index (χ1n) is 9.16. The third-order valence-corrected chi connectivity index (χ3v) is 4.39. The molecule has 1 aliphatic carbocycles. The summed E-state index contributed by atoms with van der Waals surface area (Å²) in [4.78, 5) is 17.0. The molecule has 5 heteroatoms. The van der Waals surface area contributed by atoms with Gasteiger partial charge in [0.2, 0.25) is 0 Å². The predicted molar refractivity (Wildman–Crippen MR) is 110 cm³/mol. The van der Waals surface area contributed by atoms with Gasteiger partial charge >= 0.3 is 0 Å². The van der Waals surface area contributed by atoms with Crippen molar-refractivity contribution in [3.05, 3.63) is 46.2 Å². The molecule has 0 atom stereocenters. The van der Waals surface area contributed by atoms with Crippen molar-refractivity contribution in [2.45, 2.75) is 65.8 Å². The largest absolute Gasteiger partial charge is 0.367 e.